The number of carbonyl (C=O) groups is 2. The van der Waals surface area contributed by atoms with E-state index in [0.717, 1.165) is 63.0 Å². The van der Waals surface area contributed by atoms with Crippen molar-refractivity contribution in [2.24, 2.45) is 7.05 Å². The highest BCUT2D eigenvalue weighted by Gasteiger charge is 2.30. The minimum absolute atomic E-state index is 0.00947. The number of amides is 2. The summed E-state index contributed by atoms with van der Waals surface area (Å²) >= 11 is 0. The Morgan fingerprint density at radius 2 is 1.96 bits per heavy atom. The van der Waals surface area contributed by atoms with Gasteiger partial charge in [0.1, 0.15) is 0 Å². The number of likely N-dealkylation sites (tertiary alicyclic amines) is 2. The van der Waals surface area contributed by atoms with Crippen LogP contribution in [-0.2, 0) is 11.8 Å². The number of hydrogen-bond acceptors (Lipinski definition) is 3. The molecule has 0 N–H and O–H groups in total. The van der Waals surface area contributed by atoms with Crippen LogP contribution in [0.4, 0.5) is 0 Å². The highest BCUT2D eigenvalue weighted by molar-refractivity contribution is 5.93. The van der Waals surface area contributed by atoms with E-state index in [-0.39, 0.29) is 17.9 Å². The van der Waals surface area contributed by atoms with Gasteiger partial charge in [-0.2, -0.15) is 5.10 Å². The smallest absolute Gasteiger partial charge is 0.274 e. The van der Waals surface area contributed by atoms with Gasteiger partial charge in [-0.1, -0.05) is 30.3 Å². The summed E-state index contributed by atoms with van der Waals surface area (Å²) in [7, 11) is 1.88. The van der Waals surface area contributed by atoms with Gasteiger partial charge >= 0.3 is 0 Å². The highest BCUT2D eigenvalue weighted by Crippen LogP contribution is 2.25. The van der Waals surface area contributed by atoms with E-state index in [1.807, 2.05) is 53.2 Å². The molecule has 2 aliphatic heterocycles. The van der Waals surface area contributed by atoms with E-state index in [9.17, 15) is 9.59 Å². The molecule has 0 aliphatic carbocycles. The van der Waals surface area contributed by atoms with Gasteiger partial charge in [-0.05, 0) is 43.7 Å². The van der Waals surface area contributed by atoms with Gasteiger partial charge in [0.25, 0.3) is 5.91 Å². The molecular weight excluding hydrogens is 352 g/mol. The van der Waals surface area contributed by atoms with Crippen LogP contribution in [0.25, 0.3) is 11.3 Å². The molecule has 2 saturated heterocycles. The maximum atomic E-state index is 13.2. The first-order valence-corrected chi connectivity index (χ1v) is 10.3. The summed E-state index contributed by atoms with van der Waals surface area (Å²) in [5, 5.41) is 4.51. The lowest BCUT2D eigenvalue weighted by atomic mass is 9.98. The van der Waals surface area contributed by atoms with Crippen LogP contribution in [0.1, 0.15) is 49.0 Å². The predicted octanol–water partition coefficient (Wildman–Crippen LogP) is 3.09. The van der Waals surface area contributed by atoms with Gasteiger partial charge in [0.05, 0.1) is 5.69 Å². The van der Waals surface area contributed by atoms with Gasteiger partial charge in [0.2, 0.25) is 5.91 Å². The minimum Gasteiger partial charge on any atom is -0.343 e. The van der Waals surface area contributed by atoms with Crippen LogP contribution in [0, 0.1) is 0 Å². The maximum absolute atomic E-state index is 13.2. The molecule has 4 rings (SSSR count). The average molecular weight is 380 g/mol. The van der Waals surface area contributed by atoms with Crippen molar-refractivity contribution < 1.29 is 9.59 Å². The minimum atomic E-state index is 0.00947. The van der Waals surface area contributed by atoms with E-state index in [1.165, 1.54) is 0 Å². The second-order valence-electron chi connectivity index (χ2n) is 7.83. The number of aromatic nitrogens is 2. The molecule has 0 bridgehead atoms. The fourth-order valence-corrected chi connectivity index (χ4v) is 4.41. The molecule has 1 aromatic carbocycles. The van der Waals surface area contributed by atoms with Crippen molar-refractivity contribution in [2.75, 3.05) is 19.6 Å². The van der Waals surface area contributed by atoms with E-state index in [1.54, 1.807) is 4.68 Å². The highest BCUT2D eigenvalue weighted by atomic mass is 16.2. The SMILES string of the molecule is Cn1nc(C(=O)N2CCCCC2CCN2CCCC2=O)cc1-c1ccccc1. The molecule has 1 unspecified atom stereocenters. The van der Waals surface area contributed by atoms with Crippen LogP contribution in [0.3, 0.4) is 0 Å². The molecule has 0 spiro atoms. The van der Waals surface area contributed by atoms with Crippen LogP contribution >= 0.6 is 0 Å². The van der Waals surface area contributed by atoms with Crippen molar-refractivity contribution in [3.63, 3.8) is 0 Å². The molecule has 1 aromatic heterocycles. The Hall–Kier alpha value is -2.63. The number of hydrogen-bond donors (Lipinski definition) is 0. The first kappa shape index (κ1) is 18.7. The Labute approximate surface area is 166 Å². The second kappa shape index (κ2) is 8.17. The van der Waals surface area contributed by atoms with Crippen LogP contribution in [0.5, 0.6) is 0 Å². The van der Waals surface area contributed by atoms with Gasteiger partial charge in [-0.25, -0.2) is 0 Å². The fourth-order valence-electron chi connectivity index (χ4n) is 4.41. The van der Waals surface area contributed by atoms with Crippen LogP contribution in [0.2, 0.25) is 0 Å². The summed E-state index contributed by atoms with van der Waals surface area (Å²) in [5.41, 5.74) is 2.50. The summed E-state index contributed by atoms with van der Waals surface area (Å²) in [4.78, 5) is 29.1. The van der Waals surface area contributed by atoms with Gasteiger partial charge in [-0.15, -0.1) is 0 Å². The predicted molar refractivity (Wildman–Crippen MR) is 108 cm³/mol. The average Bonchev–Trinajstić information content (AvgIpc) is 3.32. The van der Waals surface area contributed by atoms with E-state index in [2.05, 4.69) is 5.10 Å². The van der Waals surface area contributed by atoms with Gasteiger partial charge in [0.15, 0.2) is 5.69 Å². The van der Waals surface area contributed by atoms with Crippen molar-refractivity contribution in [1.82, 2.24) is 19.6 Å². The lowest BCUT2D eigenvalue weighted by Crippen LogP contribution is -2.45. The Bertz CT molecular complexity index is 845. The molecule has 2 aromatic rings. The molecule has 6 heteroatoms. The summed E-state index contributed by atoms with van der Waals surface area (Å²) < 4.78 is 1.78. The Morgan fingerprint density at radius 1 is 1.14 bits per heavy atom. The number of aryl methyl sites for hydroxylation is 1. The van der Waals surface area contributed by atoms with E-state index >= 15 is 0 Å². The number of benzene rings is 1. The molecule has 28 heavy (non-hydrogen) atoms. The topological polar surface area (TPSA) is 58.4 Å². The Kier molecular flexibility index (Phi) is 5.46. The van der Waals surface area contributed by atoms with Crippen LogP contribution in [0.15, 0.2) is 36.4 Å². The van der Waals surface area contributed by atoms with E-state index in [4.69, 9.17) is 0 Å². The lowest BCUT2D eigenvalue weighted by molar-refractivity contribution is -0.127. The standard InChI is InChI=1S/C22H28N4O2/c1-24-20(17-8-3-2-4-9-17)16-19(23-24)22(28)26-14-6-5-10-18(26)12-15-25-13-7-11-21(25)27/h2-4,8-9,16,18H,5-7,10-15H2,1H3. The monoisotopic (exact) mass is 380 g/mol. The molecule has 2 fully saturated rings. The summed E-state index contributed by atoms with van der Waals surface area (Å²) in [6, 6.07) is 12.1. The lowest BCUT2D eigenvalue weighted by Gasteiger charge is -2.36. The van der Waals surface area contributed by atoms with Crippen molar-refractivity contribution in [1.29, 1.82) is 0 Å². The molecule has 3 heterocycles. The van der Waals surface area contributed by atoms with Gasteiger partial charge in [0, 0.05) is 39.1 Å². The van der Waals surface area contributed by atoms with Crippen molar-refractivity contribution >= 4 is 11.8 Å². The number of nitrogens with zero attached hydrogens (tertiary/aromatic N) is 4. The molecule has 2 amide bonds. The van der Waals surface area contributed by atoms with Crippen LogP contribution < -0.4 is 0 Å². The molecule has 0 radical (unpaired) electrons. The third-order valence-corrected chi connectivity index (χ3v) is 5.96. The zero-order valence-corrected chi connectivity index (χ0v) is 16.5. The van der Waals surface area contributed by atoms with Crippen molar-refractivity contribution in [3.8, 4) is 11.3 Å². The molecule has 1 atom stereocenters. The molecule has 0 saturated carbocycles. The quantitative estimate of drug-likeness (QED) is 0.801. The zero-order valence-electron chi connectivity index (χ0n) is 16.5. The third kappa shape index (κ3) is 3.81. The first-order chi connectivity index (χ1) is 13.6. The zero-order chi connectivity index (χ0) is 19.5. The Morgan fingerprint density at radius 3 is 2.71 bits per heavy atom. The Balaban J connectivity index is 1.48. The fraction of sp³-hybridized carbons (Fsp3) is 0.500. The third-order valence-electron chi connectivity index (χ3n) is 5.96. The van der Waals surface area contributed by atoms with Crippen molar-refractivity contribution in [2.45, 2.75) is 44.6 Å². The second-order valence-corrected chi connectivity index (χ2v) is 7.83. The molecule has 2 aliphatic rings. The summed E-state index contributed by atoms with van der Waals surface area (Å²) in [5.74, 6) is 0.265. The van der Waals surface area contributed by atoms with E-state index in [0.29, 0.717) is 12.1 Å². The molecular formula is C22H28N4O2. The first-order valence-electron chi connectivity index (χ1n) is 10.3. The number of rotatable bonds is 5. The van der Waals surface area contributed by atoms with Crippen molar-refractivity contribution in [3.05, 3.63) is 42.1 Å². The van der Waals surface area contributed by atoms with Gasteiger partial charge in [-0.3, -0.25) is 14.3 Å². The molecule has 6 nitrogen and oxygen atoms in total. The van der Waals surface area contributed by atoms with Crippen LogP contribution in [-0.4, -0.2) is 57.1 Å². The van der Waals surface area contributed by atoms with Gasteiger partial charge < -0.3 is 9.80 Å². The normalized spacial score (nSPS) is 20.0. The maximum Gasteiger partial charge on any atom is 0.274 e. The number of piperidine rings is 1. The van der Waals surface area contributed by atoms with E-state index < -0.39 is 0 Å². The largest absolute Gasteiger partial charge is 0.343 e. The molecule has 148 valence electrons. The summed E-state index contributed by atoms with van der Waals surface area (Å²) in [6.45, 7) is 2.39. The summed E-state index contributed by atoms with van der Waals surface area (Å²) in [6.07, 6.45) is 5.66. The number of carbonyl (C=O) groups excluding carboxylic acids is 2.